The van der Waals surface area contributed by atoms with Crippen molar-refractivity contribution >= 4 is 59.3 Å². The largest absolute Gasteiger partial charge is 0.508 e. The van der Waals surface area contributed by atoms with Crippen LogP contribution < -0.4 is 43.4 Å². The molecule has 1 aliphatic rings. The molecule has 0 aliphatic carbocycles. The van der Waals surface area contributed by atoms with Gasteiger partial charge in [-0.1, -0.05) is 42.5 Å². The molecule has 0 unspecified atom stereocenters. The maximum Gasteiger partial charge on any atom is 0.326 e. The Balaban J connectivity index is 1.96. The molecule has 0 bridgehead atoms. The van der Waals surface area contributed by atoms with Crippen LogP contribution in [0.5, 0.6) is 5.75 Å². The Bertz CT molecular complexity index is 1810. The fourth-order valence-electron chi connectivity index (χ4n) is 6.44. The van der Waals surface area contributed by atoms with Crippen molar-refractivity contribution in [3.63, 3.8) is 0 Å². The quantitative estimate of drug-likeness (QED) is 0.0648. The maximum absolute atomic E-state index is 14.2. The zero-order valence-electron chi connectivity index (χ0n) is 34.9. The number of phenolic OH excluding ortho intramolecular Hbond substituents is 1. The monoisotopic (exact) mass is 868 g/mol. The summed E-state index contributed by atoms with van der Waals surface area (Å²) >= 11 is 1.42. The van der Waals surface area contributed by atoms with Gasteiger partial charge in [0.05, 0.1) is 0 Å². The minimum absolute atomic E-state index is 0.0145. The third kappa shape index (κ3) is 17.2. The van der Waals surface area contributed by atoms with Crippen LogP contribution in [0.25, 0.3) is 0 Å². The van der Waals surface area contributed by atoms with Crippen molar-refractivity contribution in [3.8, 4) is 5.75 Å². The molecule has 0 saturated carbocycles. The second-order valence-corrected chi connectivity index (χ2v) is 15.8. The maximum atomic E-state index is 14.2. The lowest BCUT2D eigenvalue weighted by Gasteiger charge is -2.31. The number of amides is 7. The van der Waals surface area contributed by atoms with Crippen LogP contribution in [0.3, 0.4) is 0 Å². The highest BCUT2D eigenvalue weighted by atomic mass is 32.2. The molecule has 334 valence electrons. The van der Waals surface area contributed by atoms with Crippen molar-refractivity contribution in [2.24, 2.45) is 16.5 Å². The molecule has 1 aliphatic heterocycles. The van der Waals surface area contributed by atoms with Gasteiger partial charge in [0.1, 0.15) is 42.0 Å². The van der Waals surface area contributed by atoms with Gasteiger partial charge in [0.25, 0.3) is 0 Å². The first-order chi connectivity index (χ1) is 29.1. The van der Waals surface area contributed by atoms with Crippen molar-refractivity contribution in [1.29, 1.82) is 0 Å². The Morgan fingerprint density at radius 2 is 1.56 bits per heavy atom. The lowest BCUT2D eigenvalue weighted by atomic mass is 10.0. The van der Waals surface area contributed by atoms with Crippen molar-refractivity contribution in [1.82, 2.24) is 36.8 Å². The number of aryl methyl sites for hydroxylation is 1. The van der Waals surface area contributed by atoms with E-state index in [1.54, 1.807) is 12.1 Å². The topological polar surface area (TPSA) is 300 Å². The van der Waals surface area contributed by atoms with E-state index in [1.165, 1.54) is 42.8 Å². The van der Waals surface area contributed by atoms with E-state index in [9.17, 15) is 43.8 Å². The smallest absolute Gasteiger partial charge is 0.326 e. The number of aromatic hydroxyl groups is 1. The van der Waals surface area contributed by atoms with E-state index in [4.69, 9.17) is 11.5 Å². The van der Waals surface area contributed by atoms with Crippen LogP contribution in [0.2, 0.25) is 0 Å². The zero-order chi connectivity index (χ0) is 44.9. The molecule has 20 heteroatoms. The van der Waals surface area contributed by atoms with Gasteiger partial charge in [0.15, 0.2) is 5.96 Å². The van der Waals surface area contributed by atoms with Crippen LogP contribution >= 0.6 is 11.8 Å². The third-order valence-electron chi connectivity index (χ3n) is 10.1. The predicted octanol–water partition coefficient (Wildman–Crippen LogP) is 0.0966. The van der Waals surface area contributed by atoms with Gasteiger partial charge < -0.3 is 58.5 Å². The highest BCUT2D eigenvalue weighted by Crippen LogP contribution is 2.15. The first-order valence-corrected chi connectivity index (χ1v) is 21.6. The fourth-order valence-corrected chi connectivity index (χ4v) is 6.91. The molecule has 1 fully saturated rings. The average molecular weight is 869 g/mol. The Hall–Kier alpha value is -6.05. The summed E-state index contributed by atoms with van der Waals surface area (Å²) in [6.07, 6.45) is 3.40. The summed E-state index contributed by atoms with van der Waals surface area (Å²) in [6, 6.07) is 7.48. The van der Waals surface area contributed by atoms with E-state index < -0.39 is 77.8 Å². The number of nitrogens with one attached hydrogen (secondary N) is 6. The number of rotatable bonds is 15. The van der Waals surface area contributed by atoms with Gasteiger partial charge >= 0.3 is 12.0 Å². The first kappa shape index (κ1) is 49.3. The number of aliphatic carboxylic acids is 1. The van der Waals surface area contributed by atoms with Crippen molar-refractivity contribution < 1.29 is 43.8 Å². The van der Waals surface area contributed by atoms with Crippen LogP contribution in [-0.4, -0.2) is 131 Å². The number of carbonyl (C=O) groups is 7. The van der Waals surface area contributed by atoms with E-state index in [1.807, 2.05) is 36.6 Å². The summed E-state index contributed by atoms with van der Waals surface area (Å²) < 4.78 is 0. The molecular weight excluding hydrogens is 809 g/mol. The van der Waals surface area contributed by atoms with Gasteiger partial charge in [0.2, 0.25) is 29.5 Å². The second kappa shape index (κ2) is 25.5. The van der Waals surface area contributed by atoms with Crippen molar-refractivity contribution in [2.75, 3.05) is 32.1 Å². The van der Waals surface area contributed by atoms with E-state index in [0.29, 0.717) is 25.0 Å². The standard InChI is InChI=1S/C41H60N10O9S/c1-25-34(53)48-33(24-27-10-5-4-6-11-27)35(54)44-21-8-7-12-29(49-41(60)50-32(39(58)59)13-9-22-45-40(42)43)36(55)46-30(20-23-61-3)37(56)47-31(38(57)51(25)2)19-16-26-14-17-28(52)18-15-26/h4-6,10-11,14-15,17-18,25,29-33,52H,7-9,12-13,16,19-24H2,1-3H3,(H,44,54)(H,46,55)(H,47,56)(H,48,53)(H,58,59)(H4,42,43,45)(H2,49,50,60)/t25-,29+,30+,31+,32-,33+/m0/s1. The number of nitrogens with two attached hydrogens (primary N) is 2. The van der Waals surface area contributed by atoms with Crippen LogP contribution in [-0.2, 0) is 41.6 Å². The molecule has 0 radical (unpaired) electrons. The summed E-state index contributed by atoms with van der Waals surface area (Å²) in [4.78, 5) is 99.8. The predicted molar refractivity (Wildman–Crippen MR) is 231 cm³/mol. The number of carboxylic acid groups (broad SMARTS) is 1. The van der Waals surface area contributed by atoms with Gasteiger partial charge in [-0.3, -0.25) is 29.0 Å². The van der Waals surface area contributed by atoms with Crippen LogP contribution in [0, 0.1) is 0 Å². The molecular formula is C41H60N10O9S. The number of carboxylic acids is 1. The molecule has 12 N–H and O–H groups in total. The third-order valence-corrected chi connectivity index (χ3v) is 10.8. The van der Waals surface area contributed by atoms with Crippen molar-refractivity contribution in [2.45, 2.75) is 101 Å². The number of benzene rings is 2. The molecule has 6 atom stereocenters. The summed E-state index contributed by atoms with van der Waals surface area (Å²) in [5.74, 6) is -4.06. The van der Waals surface area contributed by atoms with Gasteiger partial charge in [-0.25, -0.2) is 9.59 Å². The van der Waals surface area contributed by atoms with E-state index >= 15 is 0 Å². The minimum atomic E-state index is -1.34. The lowest BCUT2D eigenvalue weighted by molar-refractivity contribution is -0.142. The highest BCUT2D eigenvalue weighted by Gasteiger charge is 2.34. The number of hydrogen-bond acceptors (Lipinski definition) is 10. The van der Waals surface area contributed by atoms with Crippen molar-refractivity contribution in [3.05, 3.63) is 65.7 Å². The highest BCUT2D eigenvalue weighted by molar-refractivity contribution is 7.98. The molecule has 3 rings (SSSR count). The molecule has 1 saturated heterocycles. The Kier molecular flexibility index (Phi) is 20.7. The average Bonchev–Trinajstić information content (AvgIpc) is 3.23. The van der Waals surface area contributed by atoms with Gasteiger partial charge in [-0.15, -0.1) is 0 Å². The normalized spacial score (nSPS) is 21.5. The first-order valence-electron chi connectivity index (χ1n) is 20.2. The minimum Gasteiger partial charge on any atom is -0.508 e. The van der Waals surface area contributed by atoms with Crippen LogP contribution in [0.15, 0.2) is 59.6 Å². The molecule has 1 heterocycles. The lowest BCUT2D eigenvalue weighted by Crippen LogP contribution is -2.59. The number of phenols is 1. The molecule has 61 heavy (non-hydrogen) atoms. The number of likely N-dealkylation sites (N-methyl/N-ethyl adjacent to an activating group) is 1. The van der Waals surface area contributed by atoms with Gasteiger partial charge in [0, 0.05) is 26.6 Å². The zero-order valence-corrected chi connectivity index (χ0v) is 35.7. The number of guanidine groups is 1. The molecule has 7 amide bonds. The second-order valence-electron chi connectivity index (χ2n) is 14.8. The Morgan fingerprint density at radius 3 is 2.21 bits per heavy atom. The van der Waals surface area contributed by atoms with E-state index in [0.717, 1.165) is 11.1 Å². The molecule has 19 nitrogen and oxygen atoms in total. The van der Waals surface area contributed by atoms with Gasteiger partial charge in [-0.05, 0) is 93.6 Å². The van der Waals surface area contributed by atoms with Gasteiger partial charge in [-0.2, -0.15) is 11.8 Å². The number of nitrogens with zero attached hydrogens (tertiary/aromatic N) is 2. The fraction of sp³-hybridized carbons (Fsp3) is 0.512. The molecule has 2 aromatic rings. The summed E-state index contributed by atoms with van der Waals surface area (Å²) in [5.41, 5.74) is 12.2. The number of hydrogen-bond donors (Lipinski definition) is 10. The molecule has 0 aromatic heterocycles. The van der Waals surface area contributed by atoms with E-state index in [-0.39, 0.29) is 63.3 Å². The van der Waals surface area contributed by atoms with Crippen LogP contribution in [0.4, 0.5) is 4.79 Å². The number of carbonyl (C=O) groups excluding carboxylic acids is 6. The SMILES string of the molecule is CSCC[C@H]1NC(=O)[C@H](NC(=O)N[C@@H](CCCN=C(N)N)C(=O)O)CCCCNC(=O)[C@@H](Cc2ccccc2)NC(=O)[C@H](C)N(C)C(=O)[C@@H](CCc2ccc(O)cc2)NC1=O. The summed E-state index contributed by atoms with van der Waals surface area (Å²) in [5, 5.41) is 35.7. The molecule has 0 spiro atoms. The Morgan fingerprint density at radius 1 is 0.885 bits per heavy atom. The molecule has 2 aromatic carbocycles. The van der Waals surface area contributed by atoms with Crippen LogP contribution in [0.1, 0.15) is 63.0 Å². The number of urea groups is 1. The Labute approximate surface area is 360 Å². The summed E-state index contributed by atoms with van der Waals surface area (Å²) in [6.45, 7) is 1.80. The number of thioether (sulfide) groups is 1. The van der Waals surface area contributed by atoms with E-state index in [2.05, 4.69) is 36.9 Å². The summed E-state index contributed by atoms with van der Waals surface area (Å²) in [7, 11) is 1.42. The number of aliphatic imine (C=N–C) groups is 1.